The molecule has 1 heterocycles. The summed E-state index contributed by atoms with van der Waals surface area (Å²) in [5, 5.41) is 5.80. The highest BCUT2D eigenvalue weighted by atomic mass is 16.5. The molecule has 1 fully saturated rings. The molecule has 2 amide bonds. The molecule has 0 unspecified atom stereocenters. The quantitative estimate of drug-likeness (QED) is 0.784. The first kappa shape index (κ1) is 18.3. The van der Waals surface area contributed by atoms with E-state index in [0.717, 1.165) is 38.2 Å². The normalized spacial score (nSPS) is 15.4. The van der Waals surface area contributed by atoms with Crippen LogP contribution in [0.2, 0.25) is 0 Å². The van der Waals surface area contributed by atoms with Crippen LogP contribution >= 0.6 is 0 Å². The smallest absolute Gasteiger partial charge is 0.317 e. The third-order valence-electron chi connectivity index (χ3n) is 4.66. The van der Waals surface area contributed by atoms with Gasteiger partial charge in [0.15, 0.2) is 6.73 Å². The molecule has 2 N–H and O–H groups in total. The van der Waals surface area contributed by atoms with Gasteiger partial charge in [-0.3, -0.25) is 4.90 Å². The number of rotatable bonds is 6. The zero-order chi connectivity index (χ0) is 18.2. The Morgan fingerprint density at radius 2 is 1.77 bits per heavy atom. The Bertz CT molecular complexity index is 680. The molecule has 1 aliphatic heterocycles. The summed E-state index contributed by atoms with van der Waals surface area (Å²) in [6.07, 6.45) is 1.94. The summed E-state index contributed by atoms with van der Waals surface area (Å²) >= 11 is 0. The highest BCUT2D eigenvalue weighted by Gasteiger charge is 2.20. The second kappa shape index (κ2) is 9.25. The number of amides is 2. The minimum atomic E-state index is -0.168. The van der Waals surface area contributed by atoms with Crippen molar-refractivity contribution in [3.8, 4) is 5.75 Å². The molecule has 2 aromatic rings. The summed E-state index contributed by atoms with van der Waals surface area (Å²) in [6.45, 7) is 5.17. The number of benzene rings is 2. The van der Waals surface area contributed by atoms with Crippen LogP contribution in [0.25, 0.3) is 0 Å². The van der Waals surface area contributed by atoms with Crippen LogP contribution in [0.15, 0.2) is 54.6 Å². The molecule has 0 aromatic heterocycles. The van der Waals surface area contributed by atoms with E-state index in [1.165, 1.54) is 11.1 Å². The summed E-state index contributed by atoms with van der Waals surface area (Å²) in [5.41, 5.74) is 2.52. The van der Waals surface area contributed by atoms with Crippen LogP contribution < -0.4 is 15.4 Å². The van der Waals surface area contributed by atoms with Crippen LogP contribution in [0.4, 0.5) is 4.79 Å². The molecular weight excluding hydrogens is 326 g/mol. The first-order chi connectivity index (χ1) is 12.7. The number of carbonyl (C=O) groups is 1. The van der Waals surface area contributed by atoms with Crippen LogP contribution in [0.5, 0.6) is 5.75 Å². The molecule has 0 bridgehead atoms. The number of urea groups is 1. The minimum Gasteiger partial charge on any atom is -0.473 e. The number of carbonyl (C=O) groups excluding carboxylic acids is 1. The maximum Gasteiger partial charge on any atom is 0.317 e. The zero-order valence-corrected chi connectivity index (χ0v) is 15.3. The standard InChI is InChI=1S/C21H27N3O2/c1-17-7-9-20(10-8-17)26-16-22-21(25)23-19-11-13-24(14-12-19)15-18-5-3-2-4-6-18/h2-10,19H,11-16H2,1H3,(H2,22,23,25). The van der Waals surface area contributed by atoms with E-state index in [0.29, 0.717) is 0 Å². The topological polar surface area (TPSA) is 53.6 Å². The maximum absolute atomic E-state index is 12.0. The monoisotopic (exact) mass is 353 g/mol. The summed E-state index contributed by atoms with van der Waals surface area (Å²) in [4.78, 5) is 14.4. The third kappa shape index (κ3) is 5.77. The number of hydrogen-bond donors (Lipinski definition) is 2. The number of piperidine rings is 1. The Balaban J connectivity index is 1.32. The lowest BCUT2D eigenvalue weighted by Gasteiger charge is -2.32. The summed E-state index contributed by atoms with van der Waals surface area (Å²) in [7, 11) is 0. The summed E-state index contributed by atoms with van der Waals surface area (Å²) < 4.78 is 5.52. The van der Waals surface area contributed by atoms with Crippen LogP contribution in [-0.2, 0) is 6.54 Å². The molecule has 0 radical (unpaired) electrons. The highest BCUT2D eigenvalue weighted by molar-refractivity contribution is 5.74. The third-order valence-corrected chi connectivity index (χ3v) is 4.66. The number of hydrogen-bond acceptors (Lipinski definition) is 3. The fraction of sp³-hybridized carbons (Fsp3) is 0.381. The SMILES string of the molecule is Cc1ccc(OCNC(=O)NC2CCN(Cc3ccccc3)CC2)cc1. The molecule has 26 heavy (non-hydrogen) atoms. The molecule has 1 saturated heterocycles. The van der Waals surface area contributed by atoms with Gasteiger partial charge in [0, 0.05) is 25.7 Å². The van der Waals surface area contributed by atoms with Crippen molar-refractivity contribution < 1.29 is 9.53 Å². The van der Waals surface area contributed by atoms with E-state index in [1.807, 2.05) is 37.3 Å². The van der Waals surface area contributed by atoms with Gasteiger partial charge in [0.05, 0.1) is 0 Å². The van der Waals surface area contributed by atoms with Gasteiger partial charge in [-0.2, -0.15) is 0 Å². The van der Waals surface area contributed by atoms with Crippen molar-refractivity contribution in [3.05, 3.63) is 65.7 Å². The predicted molar refractivity (Wildman–Crippen MR) is 103 cm³/mol. The van der Waals surface area contributed by atoms with Gasteiger partial charge in [0.25, 0.3) is 0 Å². The van der Waals surface area contributed by atoms with Crippen molar-refractivity contribution in [2.24, 2.45) is 0 Å². The molecule has 5 heteroatoms. The van der Waals surface area contributed by atoms with Crippen LogP contribution in [0, 0.1) is 6.92 Å². The Labute approximate surface area is 155 Å². The molecule has 2 aromatic carbocycles. The Kier molecular flexibility index (Phi) is 6.50. The second-order valence-electron chi connectivity index (χ2n) is 6.79. The predicted octanol–water partition coefficient (Wildman–Crippen LogP) is 3.30. The number of nitrogens with one attached hydrogen (secondary N) is 2. The average Bonchev–Trinajstić information content (AvgIpc) is 2.66. The van der Waals surface area contributed by atoms with Gasteiger partial charge in [0.2, 0.25) is 0 Å². The fourth-order valence-electron chi connectivity index (χ4n) is 3.13. The molecule has 0 aliphatic carbocycles. The van der Waals surface area contributed by atoms with Gasteiger partial charge in [-0.25, -0.2) is 4.79 Å². The lowest BCUT2D eigenvalue weighted by atomic mass is 10.0. The van der Waals surface area contributed by atoms with E-state index >= 15 is 0 Å². The Morgan fingerprint density at radius 3 is 2.46 bits per heavy atom. The van der Waals surface area contributed by atoms with Gasteiger partial charge in [-0.05, 0) is 37.5 Å². The van der Waals surface area contributed by atoms with E-state index in [-0.39, 0.29) is 18.8 Å². The van der Waals surface area contributed by atoms with Crippen molar-refractivity contribution in [1.29, 1.82) is 0 Å². The number of nitrogens with zero attached hydrogens (tertiary/aromatic N) is 1. The van der Waals surface area contributed by atoms with Crippen molar-refractivity contribution in [3.63, 3.8) is 0 Å². The molecule has 0 atom stereocenters. The Hall–Kier alpha value is -2.53. The lowest BCUT2D eigenvalue weighted by Crippen LogP contribution is -2.48. The average molecular weight is 353 g/mol. The van der Waals surface area contributed by atoms with E-state index in [9.17, 15) is 4.79 Å². The van der Waals surface area contributed by atoms with Gasteiger partial charge in [-0.15, -0.1) is 0 Å². The van der Waals surface area contributed by atoms with Crippen molar-refractivity contribution >= 4 is 6.03 Å². The molecule has 5 nitrogen and oxygen atoms in total. The molecule has 0 spiro atoms. The first-order valence-corrected chi connectivity index (χ1v) is 9.19. The second-order valence-corrected chi connectivity index (χ2v) is 6.79. The van der Waals surface area contributed by atoms with Crippen molar-refractivity contribution in [1.82, 2.24) is 15.5 Å². The van der Waals surface area contributed by atoms with Crippen LogP contribution in [0.1, 0.15) is 24.0 Å². The van der Waals surface area contributed by atoms with Gasteiger partial charge >= 0.3 is 6.03 Å². The summed E-state index contributed by atoms with van der Waals surface area (Å²) in [5.74, 6) is 0.755. The van der Waals surface area contributed by atoms with Gasteiger partial charge < -0.3 is 15.4 Å². The number of aryl methyl sites for hydroxylation is 1. The molecule has 1 aliphatic rings. The Morgan fingerprint density at radius 1 is 1.08 bits per heavy atom. The van der Waals surface area contributed by atoms with Crippen LogP contribution in [0.3, 0.4) is 0 Å². The molecule has 138 valence electrons. The van der Waals surface area contributed by atoms with Crippen molar-refractivity contribution in [2.75, 3.05) is 19.8 Å². The van der Waals surface area contributed by atoms with Crippen molar-refractivity contribution in [2.45, 2.75) is 32.4 Å². The number of ether oxygens (including phenoxy) is 1. The highest BCUT2D eigenvalue weighted by Crippen LogP contribution is 2.14. The zero-order valence-electron chi connectivity index (χ0n) is 15.3. The first-order valence-electron chi connectivity index (χ1n) is 9.19. The number of likely N-dealkylation sites (tertiary alicyclic amines) is 1. The lowest BCUT2D eigenvalue weighted by molar-refractivity contribution is 0.183. The molecular formula is C21H27N3O2. The fourth-order valence-corrected chi connectivity index (χ4v) is 3.13. The van der Waals surface area contributed by atoms with E-state index < -0.39 is 0 Å². The van der Waals surface area contributed by atoms with E-state index in [4.69, 9.17) is 4.74 Å². The summed E-state index contributed by atoms with van der Waals surface area (Å²) in [6, 6.07) is 18.3. The molecule has 0 saturated carbocycles. The van der Waals surface area contributed by atoms with Crippen LogP contribution in [-0.4, -0.2) is 36.8 Å². The van der Waals surface area contributed by atoms with E-state index in [2.05, 4.69) is 39.8 Å². The van der Waals surface area contributed by atoms with E-state index in [1.54, 1.807) is 0 Å². The molecule has 3 rings (SSSR count). The maximum atomic E-state index is 12.0. The minimum absolute atomic E-state index is 0.168. The van der Waals surface area contributed by atoms with Gasteiger partial charge in [0.1, 0.15) is 5.75 Å². The van der Waals surface area contributed by atoms with Gasteiger partial charge in [-0.1, -0.05) is 48.0 Å². The largest absolute Gasteiger partial charge is 0.473 e.